The zero-order valence-corrected chi connectivity index (χ0v) is 11.3. The third-order valence-corrected chi connectivity index (χ3v) is 2.79. The van der Waals surface area contributed by atoms with Crippen molar-refractivity contribution in [1.82, 2.24) is 14.7 Å². The van der Waals surface area contributed by atoms with Gasteiger partial charge in [0.15, 0.2) is 0 Å². The average Bonchev–Trinajstić information content (AvgIpc) is 2.68. The molecule has 0 unspecified atom stereocenters. The molecule has 18 heavy (non-hydrogen) atoms. The Kier molecular flexibility index (Phi) is 4.88. The van der Waals surface area contributed by atoms with Crippen molar-refractivity contribution >= 4 is 11.9 Å². The molecule has 100 valence electrons. The summed E-state index contributed by atoms with van der Waals surface area (Å²) in [7, 11) is 3.09. The molecule has 0 spiro atoms. The van der Waals surface area contributed by atoms with Crippen LogP contribution in [0.1, 0.15) is 29.4 Å². The molecule has 0 fully saturated rings. The lowest BCUT2D eigenvalue weighted by Gasteiger charge is -2.20. The minimum Gasteiger partial charge on any atom is -0.468 e. The molecule has 1 amide bonds. The summed E-state index contributed by atoms with van der Waals surface area (Å²) in [6.07, 6.45) is 2.31. The zero-order chi connectivity index (χ0) is 13.7. The number of carbonyl (C=O) groups excluding carboxylic acids is 2. The molecule has 6 heteroatoms. The van der Waals surface area contributed by atoms with E-state index >= 15 is 0 Å². The Bertz CT molecular complexity index is 440. The molecule has 0 saturated carbocycles. The van der Waals surface area contributed by atoms with Crippen LogP contribution in [0.3, 0.4) is 0 Å². The average molecular weight is 253 g/mol. The van der Waals surface area contributed by atoms with E-state index in [-0.39, 0.29) is 12.5 Å². The molecule has 1 rings (SSSR count). The van der Waals surface area contributed by atoms with Gasteiger partial charge in [0.1, 0.15) is 6.54 Å². The Morgan fingerprint density at radius 3 is 2.61 bits per heavy atom. The fraction of sp³-hybridized carbons (Fsp3) is 0.583. The molecule has 0 bridgehead atoms. The Hall–Kier alpha value is -1.85. The van der Waals surface area contributed by atoms with Crippen LogP contribution in [0, 0.1) is 6.92 Å². The summed E-state index contributed by atoms with van der Waals surface area (Å²) in [6.45, 7) is 4.26. The van der Waals surface area contributed by atoms with Gasteiger partial charge in [0.2, 0.25) is 0 Å². The summed E-state index contributed by atoms with van der Waals surface area (Å²) in [6, 6.07) is 0. The summed E-state index contributed by atoms with van der Waals surface area (Å²) in [5.41, 5.74) is 1.31. The van der Waals surface area contributed by atoms with Gasteiger partial charge in [-0.05, 0) is 13.3 Å². The number of hydrogen-bond donors (Lipinski definition) is 0. The zero-order valence-electron chi connectivity index (χ0n) is 11.3. The number of aromatic nitrogens is 2. The predicted octanol–water partition coefficient (Wildman–Crippen LogP) is 0.754. The number of aryl methyl sites for hydroxylation is 1. The largest absolute Gasteiger partial charge is 0.468 e. The van der Waals surface area contributed by atoms with Crippen LogP contribution < -0.4 is 0 Å². The van der Waals surface area contributed by atoms with Gasteiger partial charge in [-0.1, -0.05) is 6.92 Å². The van der Waals surface area contributed by atoms with Crippen LogP contribution in [-0.2, 0) is 16.6 Å². The summed E-state index contributed by atoms with van der Waals surface area (Å²) in [5.74, 6) is -0.605. The van der Waals surface area contributed by atoms with Crippen LogP contribution in [-0.4, -0.2) is 46.8 Å². The second kappa shape index (κ2) is 6.18. The lowest BCUT2D eigenvalue weighted by atomic mass is 10.2. The van der Waals surface area contributed by atoms with Crippen LogP contribution in [0.25, 0.3) is 0 Å². The van der Waals surface area contributed by atoms with E-state index in [9.17, 15) is 9.59 Å². The third kappa shape index (κ3) is 3.09. The summed E-state index contributed by atoms with van der Waals surface area (Å²) >= 11 is 0. The summed E-state index contributed by atoms with van der Waals surface area (Å²) in [5, 5.41) is 4.03. The van der Waals surface area contributed by atoms with Gasteiger partial charge in [0.05, 0.1) is 18.9 Å². The second-order valence-corrected chi connectivity index (χ2v) is 4.07. The smallest absolute Gasteiger partial charge is 0.325 e. The molecular formula is C12H19N3O3. The fourth-order valence-electron chi connectivity index (χ4n) is 1.62. The molecule has 1 aromatic rings. The van der Waals surface area contributed by atoms with Gasteiger partial charge in [-0.15, -0.1) is 0 Å². The number of ether oxygens (including phenoxy) is 1. The Morgan fingerprint density at radius 2 is 2.17 bits per heavy atom. The SMILES string of the molecule is CCCN(CC(=O)OC)C(=O)c1cnn(C)c1C. The van der Waals surface area contributed by atoms with Crippen LogP contribution in [0.2, 0.25) is 0 Å². The van der Waals surface area contributed by atoms with Crippen molar-refractivity contribution in [3.05, 3.63) is 17.5 Å². The maximum Gasteiger partial charge on any atom is 0.325 e. The quantitative estimate of drug-likeness (QED) is 0.726. The first kappa shape index (κ1) is 14.2. The van der Waals surface area contributed by atoms with Gasteiger partial charge in [-0.25, -0.2) is 0 Å². The number of amides is 1. The van der Waals surface area contributed by atoms with E-state index in [1.54, 1.807) is 11.7 Å². The Balaban J connectivity index is 2.88. The molecule has 0 N–H and O–H groups in total. The number of hydrogen-bond acceptors (Lipinski definition) is 4. The van der Waals surface area contributed by atoms with E-state index in [1.807, 2.05) is 13.8 Å². The first-order chi connectivity index (χ1) is 8.51. The van der Waals surface area contributed by atoms with Gasteiger partial charge in [-0.2, -0.15) is 5.10 Å². The molecular weight excluding hydrogens is 234 g/mol. The monoisotopic (exact) mass is 253 g/mol. The molecule has 0 radical (unpaired) electrons. The van der Waals surface area contributed by atoms with Gasteiger partial charge in [0, 0.05) is 19.3 Å². The van der Waals surface area contributed by atoms with E-state index < -0.39 is 5.97 Å². The molecule has 0 saturated heterocycles. The Morgan fingerprint density at radius 1 is 1.50 bits per heavy atom. The molecule has 1 aromatic heterocycles. The molecule has 0 aliphatic rings. The molecule has 0 atom stereocenters. The fourth-order valence-corrected chi connectivity index (χ4v) is 1.62. The highest BCUT2D eigenvalue weighted by Gasteiger charge is 2.21. The number of esters is 1. The van der Waals surface area contributed by atoms with E-state index in [0.29, 0.717) is 12.1 Å². The van der Waals surface area contributed by atoms with Crippen molar-refractivity contribution in [1.29, 1.82) is 0 Å². The highest BCUT2D eigenvalue weighted by Crippen LogP contribution is 2.10. The molecule has 0 aromatic carbocycles. The Labute approximate surface area is 107 Å². The maximum atomic E-state index is 12.3. The standard InChI is InChI=1S/C12H19N3O3/c1-5-6-15(8-11(16)18-4)12(17)10-7-13-14(3)9(10)2/h7H,5-6,8H2,1-4H3. The number of rotatable bonds is 5. The van der Waals surface area contributed by atoms with Crippen molar-refractivity contribution in [2.75, 3.05) is 20.2 Å². The lowest BCUT2D eigenvalue weighted by Crippen LogP contribution is -2.37. The summed E-state index contributed by atoms with van der Waals surface area (Å²) < 4.78 is 6.23. The molecule has 0 aliphatic heterocycles. The molecule has 1 heterocycles. The van der Waals surface area contributed by atoms with E-state index in [0.717, 1.165) is 12.1 Å². The van der Waals surface area contributed by atoms with Crippen molar-refractivity contribution < 1.29 is 14.3 Å². The minimum absolute atomic E-state index is 0.0303. The van der Waals surface area contributed by atoms with Gasteiger partial charge >= 0.3 is 5.97 Å². The van der Waals surface area contributed by atoms with Crippen molar-refractivity contribution in [3.8, 4) is 0 Å². The van der Waals surface area contributed by atoms with Gasteiger partial charge in [-0.3, -0.25) is 14.3 Å². The van der Waals surface area contributed by atoms with E-state index in [2.05, 4.69) is 9.84 Å². The van der Waals surface area contributed by atoms with Crippen molar-refractivity contribution in [3.63, 3.8) is 0 Å². The second-order valence-electron chi connectivity index (χ2n) is 4.07. The van der Waals surface area contributed by atoms with Crippen LogP contribution in [0.4, 0.5) is 0 Å². The predicted molar refractivity (Wildman–Crippen MR) is 66.2 cm³/mol. The molecule has 0 aliphatic carbocycles. The first-order valence-electron chi connectivity index (χ1n) is 5.86. The van der Waals surface area contributed by atoms with E-state index in [4.69, 9.17) is 0 Å². The number of methoxy groups -OCH3 is 1. The minimum atomic E-state index is -0.418. The number of carbonyl (C=O) groups is 2. The van der Waals surface area contributed by atoms with Gasteiger partial charge < -0.3 is 9.64 Å². The third-order valence-electron chi connectivity index (χ3n) is 2.79. The normalized spacial score (nSPS) is 10.2. The van der Waals surface area contributed by atoms with Crippen LogP contribution in [0.5, 0.6) is 0 Å². The van der Waals surface area contributed by atoms with E-state index in [1.165, 1.54) is 18.2 Å². The molecule has 6 nitrogen and oxygen atoms in total. The first-order valence-corrected chi connectivity index (χ1v) is 5.86. The lowest BCUT2D eigenvalue weighted by molar-refractivity contribution is -0.141. The van der Waals surface area contributed by atoms with Crippen molar-refractivity contribution in [2.45, 2.75) is 20.3 Å². The topological polar surface area (TPSA) is 64.4 Å². The highest BCUT2D eigenvalue weighted by atomic mass is 16.5. The van der Waals surface area contributed by atoms with Gasteiger partial charge in [0.25, 0.3) is 5.91 Å². The number of nitrogens with zero attached hydrogens (tertiary/aromatic N) is 3. The van der Waals surface area contributed by atoms with Crippen LogP contribution in [0.15, 0.2) is 6.20 Å². The van der Waals surface area contributed by atoms with Crippen molar-refractivity contribution in [2.24, 2.45) is 7.05 Å². The summed E-state index contributed by atoms with van der Waals surface area (Å²) in [4.78, 5) is 25.1. The van der Waals surface area contributed by atoms with Crippen LogP contribution >= 0.6 is 0 Å². The highest BCUT2D eigenvalue weighted by molar-refractivity contribution is 5.96. The maximum absolute atomic E-state index is 12.3.